The molecule has 0 N–H and O–H groups in total. The van der Waals surface area contributed by atoms with Crippen molar-refractivity contribution in [2.45, 2.75) is 25.2 Å². The first-order valence-electron chi connectivity index (χ1n) is 5.59. The number of hydrogen-bond acceptors (Lipinski definition) is 4. The lowest BCUT2D eigenvalue weighted by atomic mass is 9.92. The Morgan fingerprint density at radius 2 is 1.83 bits per heavy atom. The molecule has 0 saturated heterocycles. The van der Waals surface area contributed by atoms with Crippen molar-refractivity contribution in [2.75, 3.05) is 12.9 Å². The summed E-state index contributed by atoms with van der Waals surface area (Å²) in [6, 6.07) is 8.47. The van der Waals surface area contributed by atoms with Crippen LogP contribution in [0.3, 0.4) is 0 Å². The number of benzene rings is 1. The third kappa shape index (κ3) is 4.38. The van der Waals surface area contributed by atoms with Crippen molar-refractivity contribution in [2.24, 2.45) is 5.41 Å². The number of ether oxygens (including phenoxy) is 1. The SMILES string of the molecule is CC(C)(C#N)CCOc1ccc(S(C)(=O)=O)cc1. The van der Waals surface area contributed by atoms with Gasteiger partial charge in [0.25, 0.3) is 0 Å². The first-order chi connectivity index (χ1) is 8.24. The average molecular weight is 267 g/mol. The Morgan fingerprint density at radius 3 is 2.28 bits per heavy atom. The maximum Gasteiger partial charge on any atom is 0.175 e. The summed E-state index contributed by atoms with van der Waals surface area (Å²) in [6.45, 7) is 4.13. The fourth-order valence-corrected chi connectivity index (χ4v) is 1.89. The van der Waals surface area contributed by atoms with E-state index < -0.39 is 15.3 Å². The number of nitrogens with zero attached hydrogens (tertiary/aromatic N) is 1. The minimum absolute atomic E-state index is 0.271. The van der Waals surface area contributed by atoms with Crippen LogP contribution in [0.5, 0.6) is 5.75 Å². The summed E-state index contributed by atoms with van der Waals surface area (Å²) in [5.74, 6) is 0.608. The van der Waals surface area contributed by atoms with Crippen molar-refractivity contribution in [3.05, 3.63) is 24.3 Å². The van der Waals surface area contributed by atoms with E-state index >= 15 is 0 Å². The smallest absolute Gasteiger partial charge is 0.175 e. The van der Waals surface area contributed by atoms with Gasteiger partial charge in [-0.05, 0) is 44.5 Å². The second-order valence-corrected chi connectivity index (χ2v) is 6.85. The highest BCUT2D eigenvalue weighted by molar-refractivity contribution is 7.90. The lowest BCUT2D eigenvalue weighted by molar-refractivity contribution is 0.264. The minimum atomic E-state index is -3.17. The van der Waals surface area contributed by atoms with Gasteiger partial charge in [-0.2, -0.15) is 5.26 Å². The lowest BCUT2D eigenvalue weighted by Crippen LogP contribution is -2.13. The normalized spacial score (nSPS) is 11.9. The second kappa shape index (κ2) is 5.40. The summed E-state index contributed by atoms with van der Waals surface area (Å²) in [7, 11) is -3.17. The molecule has 0 aliphatic carbocycles. The van der Waals surface area contributed by atoms with Gasteiger partial charge in [-0.3, -0.25) is 0 Å². The van der Waals surface area contributed by atoms with Gasteiger partial charge in [-0.25, -0.2) is 8.42 Å². The van der Waals surface area contributed by atoms with Gasteiger partial charge in [0.15, 0.2) is 9.84 Å². The van der Waals surface area contributed by atoms with Gasteiger partial charge in [-0.1, -0.05) is 0 Å². The van der Waals surface area contributed by atoms with E-state index in [9.17, 15) is 8.42 Å². The van der Waals surface area contributed by atoms with E-state index in [0.29, 0.717) is 18.8 Å². The standard InChI is InChI=1S/C13H17NO3S/c1-13(2,10-14)8-9-17-11-4-6-12(7-5-11)18(3,15)16/h4-7H,8-9H2,1-3H3. The summed E-state index contributed by atoms with van der Waals surface area (Å²) >= 11 is 0. The van der Waals surface area contributed by atoms with E-state index in [1.165, 1.54) is 12.1 Å². The molecular formula is C13H17NO3S. The summed E-state index contributed by atoms with van der Waals surface area (Å²) in [5.41, 5.74) is -0.410. The Kier molecular flexibility index (Phi) is 4.36. The Morgan fingerprint density at radius 1 is 1.28 bits per heavy atom. The molecule has 0 bridgehead atoms. The van der Waals surface area contributed by atoms with Crippen molar-refractivity contribution < 1.29 is 13.2 Å². The zero-order chi connectivity index (χ0) is 13.8. The molecule has 0 aromatic heterocycles. The highest BCUT2D eigenvalue weighted by atomic mass is 32.2. The summed E-state index contributed by atoms with van der Waals surface area (Å²) < 4.78 is 28.0. The topological polar surface area (TPSA) is 67.2 Å². The summed E-state index contributed by atoms with van der Waals surface area (Å²) in [6.07, 6.45) is 1.79. The van der Waals surface area contributed by atoms with Crippen molar-refractivity contribution >= 4 is 9.84 Å². The minimum Gasteiger partial charge on any atom is -0.494 e. The highest BCUT2D eigenvalue weighted by Crippen LogP contribution is 2.20. The molecule has 0 amide bonds. The van der Waals surface area contributed by atoms with Crippen LogP contribution >= 0.6 is 0 Å². The molecule has 0 atom stereocenters. The fourth-order valence-electron chi connectivity index (χ4n) is 1.26. The van der Waals surface area contributed by atoms with Crippen LogP contribution in [0.25, 0.3) is 0 Å². The summed E-state index contributed by atoms with van der Waals surface area (Å²) in [4.78, 5) is 0.271. The van der Waals surface area contributed by atoms with Gasteiger partial charge < -0.3 is 4.74 Å². The molecule has 0 saturated carbocycles. The average Bonchev–Trinajstić information content (AvgIpc) is 2.28. The highest BCUT2D eigenvalue weighted by Gasteiger charge is 2.16. The Bertz CT molecular complexity index is 539. The van der Waals surface area contributed by atoms with Crippen LogP contribution in [0, 0.1) is 16.7 Å². The van der Waals surface area contributed by atoms with Crippen molar-refractivity contribution in [1.29, 1.82) is 5.26 Å². The predicted octanol–water partition coefficient (Wildman–Crippen LogP) is 2.41. The van der Waals surface area contributed by atoms with Gasteiger partial charge >= 0.3 is 0 Å². The Hall–Kier alpha value is -1.54. The first-order valence-corrected chi connectivity index (χ1v) is 7.48. The molecule has 0 heterocycles. The number of sulfone groups is 1. The number of nitriles is 1. The molecule has 0 fully saturated rings. The van der Waals surface area contributed by atoms with Crippen LogP contribution in [0.2, 0.25) is 0 Å². The largest absolute Gasteiger partial charge is 0.494 e. The Balaban J connectivity index is 2.59. The molecule has 0 aliphatic heterocycles. The van der Waals surface area contributed by atoms with E-state index in [2.05, 4.69) is 6.07 Å². The van der Waals surface area contributed by atoms with Crippen LogP contribution in [0.15, 0.2) is 29.2 Å². The molecule has 1 rings (SSSR count). The molecule has 0 radical (unpaired) electrons. The van der Waals surface area contributed by atoms with E-state index in [4.69, 9.17) is 10.00 Å². The van der Waals surface area contributed by atoms with Crippen LogP contribution in [0.1, 0.15) is 20.3 Å². The van der Waals surface area contributed by atoms with Gasteiger partial charge in [-0.15, -0.1) is 0 Å². The van der Waals surface area contributed by atoms with E-state index in [1.807, 2.05) is 13.8 Å². The third-order valence-corrected chi connectivity index (χ3v) is 3.68. The molecule has 4 nitrogen and oxygen atoms in total. The van der Waals surface area contributed by atoms with Gasteiger partial charge in [0.05, 0.1) is 23.0 Å². The van der Waals surface area contributed by atoms with Crippen molar-refractivity contribution in [3.8, 4) is 11.8 Å². The number of hydrogen-bond donors (Lipinski definition) is 0. The van der Waals surface area contributed by atoms with Crippen molar-refractivity contribution in [3.63, 3.8) is 0 Å². The molecule has 5 heteroatoms. The molecule has 0 spiro atoms. The zero-order valence-electron chi connectivity index (χ0n) is 10.8. The Labute approximate surface area is 108 Å². The summed E-state index contributed by atoms with van der Waals surface area (Å²) in [5, 5.41) is 8.84. The lowest BCUT2D eigenvalue weighted by Gasteiger charge is -2.15. The van der Waals surface area contributed by atoms with Crippen LogP contribution in [0.4, 0.5) is 0 Å². The maximum atomic E-state index is 11.3. The predicted molar refractivity (Wildman–Crippen MR) is 69.1 cm³/mol. The molecule has 0 unspecified atom stereocenters. The van der Waals surface area contributed by atoms with Crippen molar-refractivity contribution in [1.82, 2.24) is 0 Å². The number of rotatable bonds is 5. The fraction of sp³-hybridized carbons (Fsp3) is 0.462. The van der Waals surface area contributed by atoms with Gasteiger partial charge in [0.1, 0.15) is 5.75 Å². The zero-order valence-corrected chi connectivity index (χ0v) is 11.6. The molecule has 18 heavy (non-hydrogen) atoms. The van der Waals surface area contributed by atoms with Crippen LogP contribution in [-0.2, 0) is 9.84 Å². The molecular weight excluding hydrogens is 250 g/mol. The quantitative estimate of drug-likeness (QED) is 0.821. The monoisotopic (exact) mass is 267 g/mol. The first kappa shape index (κ1) is 14.5. The molecule has 0 aliphatic rings. The van der Waals surface area contributed by atoms with E-state index in [1.54, 1.807) is 12.1 Å². The van der Waals surface area contributed by atoms with E-state index in [-0.39, 0.29) is 4.90 Å². The molecule has 98 valence electrons. The van der Waals surface area contributed by atoms with E-state index in [0.717, 1.165) is 6.26 Å². The molecule has 1 aromatic rings. The maximum absolute atomic E-state index is 11.3. The van der Waals surface area contributed by atoms with Gasteiger partial charge in [0, 0.05) is 6.26 Å². The van der Waals surface area contributed by atoms with Crippen LogP contribution in [-0.4, -0.2) is 21.3 Å². The molecule has 1 aromatic carbocycles. The third-order valence-electron chi connectivity index (χ3n) is 2.55. The van der Waals surface area contributed by atoms with Crippen LogP contribution < -0.4 is 4.74 Å². The second-order valence-electron chi connectivity index (χ2n) is 4.84. The van der Waals surface area contributed by atoms with Gasteiger partial charge in [0.2, 0.25) is 0 Å².